The van der Waals surface area contributed by atoms with E-state index < -0.39 is 0 Å². The minimum absolute atomic E-state index is 0.461. The Labute approximate surface area is 127 Å². The van der Waals surface area contributed by atoms with E-state index in [9.17, 15) is 0 Å². The predicted molar refractivity (Wildman–Crippen MR) is 85.5 cm³/mol. The molecule has 2 aromatic rings. The number of furan rings is 1. The molecule has 0 saturated carbocycles. The molecule has 0 radical (unpaired) electrons. The molecule has 0 unspecified atom stereocenters. The molecule has 114 valence electrons. The van der Waals surface area contributed by atoms with Gasteiger partial charge in [0.1, 0.15) is 18.1 Å². The highest BCUT2D eigenvalue weighted by Crippen LogP contribution is 2.19. The molecule has 0 atom stereocenters. The van der Waals surface area contributed by atoms with Gasteiger partial charge in [0.2, 0.25) is 0 Å². The second kappa shape index (κ2) is 7.32. The molecule has 0 amide bonds. The summed E-state index contributed by atoms with van der Waals surface area (Å²) in [5.41, 5.74) is 2.47. The van der Waals surface area contributed by atoms with Crippen molar-refractivity contribution in [3.05, 3.63) is 53.5 Å². The van der Waals surface area contributed by atoms with E-state index in [1.54, 1.807) is 6.26 Å². The number of hydrogen-bond donors (Lipinski definition) is 1. The molecule has 1 aromatic carbocycles. The molecule has 3 heteroatoms. The molecule has 1 heterocycles. The summed E-state index contributed by atoms with van der Waals surface area (Å²) in [5, 5.41) is 3.36. The van der Waals surface area contributed by atoms with Crippen LogP contribution < -0.4 is 10.1 Å². The number of hydrogen-bond acceptors (Lipinski definition) is 3. The topological polar surface area (TPSA) is 34.4 Å². The van der Waals surface area contributed by atoms with Crippen molar-refractivity contribution in [2.24, 2.45) is 0 Å². The zero-order chi connectivity index (χ0) is 15.2. The molecule has 0 saturated heterocycles. The van der Waals surface area contributed by atoms with Crippen LogP contribution >= 0.6 is 0 Å². The smallest absolute Gasteiger partial charge is 0.146 e. The Morgan fingerprint density at radius 3 is 2.43 bits per heavy atom. The summed E-state index contributed by atoms with van der Waals surface area (Å²) >= 11 is 0. The van der Waals surface area contributed by atoms with Crippen LogP contribution in [0.5, 0.6) is 5.75 Å². The summed E-state index contributed by atoms with van der Waals surface area (Å²) in [6.45, 7) is 9.92. The molecule has 0 aliphatic heterocycles. The van der Waals surface area contributed by atoms with E-state index in [1.807, 2.05) is 18.2 Å². The third-order valence-electron chi connectivity index (χ3n) is 3.35. The average molecular weight is 287 g/mol. The van der Waals surface area contributed by atoms with Gasteiger partial charge in [-0.1, -0.05) is 39.8 Å². The van der Waals surface area contributed by atoms with Gasteiger partial charge < -0.3 is 14.5 Å². The van der Waals surface area contributed by atoms with Crippen LogP contribution in [0.4, 0.5) is 0 Å². The van der Waals surface area contributed by atoms with Crippen LogP contribution in [0.15, 0.2) is 41.0 Å². The Morgan fingerprint density at radius 2 is 1.81 bits per heavy atom. The molecular weight excluding hydrogens is 262 g/mol. The maximum atomic E-state index is 5.75. The Morgan fingerprint density at radius 1 is 1.10 bits per heavy atom. The first-order chi connectivity index (χ1) is 10.0. The Hall–Kier alpha value is -1.74. The summed E-state index contributed by atoms with van der Waals surface area (Å²) in [6, 6.07) is 10.8. The normalized spacial score (nSPS) is 11.3. The highest BCUT2D eigenvalue weighted by atomic mass is 16.5. The van der Waals surface area contributed by atoms with Crippen molar-refractivity contribution in [1.29, 1.82) is 0 Å². The molecular formula is C18H25NO2. The summed E-state index contributed by atoms with van der Waals surface area (Å²) in [5.74, 6) is 2.27. The van der Waals surface area contributed by atoms with Crippen LogP contribution in [0, 0.1) is 0 Å². The van der Waals surface area contributed by atoms with E-state index >= 15 is 0 Å². The van der Waals surface area contributed by atoms with Crippen molar-refractivity contribution in [3.63, 3.8) is 0 Å². The van der Waals surface area contributed by atoms with Gasteiger partial charge in [-0.05, 0) is 29.7 Å². The molecule has 0 spiro atoms. The average Bonchev–Trinajstić information content (AvgIpc) is 2.91. The summed E-state index contributed by atoms with van der Waals surface area (Å²) < 4.78 is 11.3. The van der Waals surface area contributed by atoms with Crippen LogP contribution in [-0.2, 0) is 13.2 Å². The van der Waals surface area contributed by atoms with E-state index in [1.165, 1.54) is 5.56 Å². The Bertz CT molecular complexity index is 541. The SMILES string of the molecule is CC(C)NCc1coc(COc2ccc(C(C)C)cc2)c1. The van der Waals surface area contributed by atoms with Crippen LogP contribution in [0.2, 0.25) is 0 Å². The van der Waals surface area contributed by atoms with Crippen molar-refractivity contribution in [2.75, 3.05) is 0 Å². The zero-order valence-corrected chi connectivity index (χ0v) is 13.3. The van der Waals surface area contributed by atoms with Crippen molar-refractivity contribution in [1.82, 2.24) is 5.32 Å². The van der Waals surface area contributed by atoms with Gasteiger partial charge in [-0.3, -0.25) is 0 Å². The highest BCUT2D eigenvalue weighted by Gasteiger charge is 2.04. The van der Waals surface area contributed by atoms with Gasteiger partial charge in [0, 0.05) is 18.2 Å². The van der Waals surface area contributed by atoms with Crippen molar-refractivity contribution < 1.29 is 9.15 Å². The first kappa shape index (κ1) is 15.6. The van der Waals surface area contributed by atoms with Gasteiger partial charge >= 0.3 is 0 Å². The lowest BCUT2D eigenvalue weighted by atomic mass is 10.0. The minimum Gasteiger partial charge on any atom is -0.486 e. The van der Waals surface area contributed by atoms with Gasteiger partial charge in [-0.2, -0.15) is 0 Å². The molecule has 1 N–H and O–H groups in total. The third kappa shape index (κ3) is 4.94. The van der Waals surface area contributed by atoms with Gasteiger partial charge in [0.15, 0.2) is 0 Å². The summed E-state index contributed by atoms with van der Waals surface area (Å²) in [7, 11) is 0. The van der Waals surface area contributed by atoms with E-state index in [4.69, 9.17) is 9.15 Å². The van der Waals surface area contributed by atoms with E-state index in [0.29, 0.717) is 18.6 Å². The number of benzene rings is 1. The molecule has 0 bridgehead atoms. The maximum absolute atomic E-state index is 5.75. The van der Waals surface area contributed by atoms with Gasteiger partial charge in [0.25, 0.3) is 0 Å². The first-order valence-corrected chi connectivity index (χ1v) is 7.57. The minimum atomic E-state index is 0.461. The summed E-state index contributed by atoms with van der Waals surface area (Å²) in [4.78, 5) is 0. The van der Waals surface area contributed by atoms with Gasteiger partial charge in [-0.15, -0.1) is 0 Å². The maximum Gasteiger partial charge on any atom is 0.146 e. The van der Waals surface area contributed by atoms with Crippen LogP contribution in [-0.4, -0.2) is 6.04 Å². The molecule has 1 aromatic heterocycles. The zero-order valence-electron chi connectivity index (χ0n) is 13.3. The quantitative estimate of drug-likeness (QED) is 0.815. The number of rotatable bonds is 7. The van der Waals surface area contributed by atoms with E-state index in [-0.39, 0.29) is 0 Å². The molecule has 0 aliphatic carbocycles. The van der Waals surface area contributed by atoms with Gasteiger partial charge in [-0.25, -0.2) is 0 Å². The van der Waals surface area contributed by atoms with Crippen molar-refractivity contribution in [2.45, 2.75) is 52.8 Å². The predicted octanol–water partition coefficient (Wildman–Crippen LogP) is 4.48. The molecule has 0 fully saturated rings. The monoisotopic (exact) mass is 287 g/mol. The van der Waals surface area contributed by atoms with E-state index in [2.05, 4.69) is 45.1 Å². The van der Waals surface area contributed by atoms with Crippen molar-refractivity contribution in [3.8, 4) is 5.75 Å². The molecule has 2 rings (SSSR count). The first-order valence-electron chi connectivity index (χ1n) is 7.57. The standard InChI is InChI=1S/C18H25NO2/c1-13(2)16-5-7-17(8-6-16)21-12-18-9-15(11-20-18)10-19-14(3)4/h5-9,11,13-14,19H,10,12H2,1-4H3. The Balaban J connectivity index is 1.85. The second-order valence-corrected chi connectivity index (χ2v) is 5.97. The highest BCUT2D eigenvalue weighted by molar-refractivity contribution is 5.29. The summed E-state index contributed by atoms with van der Waals surface area (Å²) in [6.07, 6.45) is 1.79. The molecule has 3 nitrogen and oxygen atoms in total. The largest absolute Gasteiger partial charge is 0.486 e. The van der Waals surface area contributed by atoms with Crippen LogP contribution in [0.1, 0.15) is 50.5 Å². The van der Waals surface area contributed by atoms with Crippen LogP contribution in [0.3, 0.4) is 0 Å². The lowest BCUT2D eigenvalue weighted by molar-refractivity contribution is 0.270. The fourth-order valence-electron chi connectivity index (χ4n) is 2.02. The number of ether oxygens (including phenoxy) is 1. The Kier molecular flexibility index (Phi) is 5.45. The molecule has 21 heavy (non-hydrogen) atoms. The van der Waals surface area contributed by atoms with Crippen molar-refractivity contribution >= 4 is 0 Å². The van der Waals surface area contributed by atoms with Crippen LogP contribution in [0.25, 0.3) is 0 Å². The fourth-order valence-corrected chi connectivity index (χ4v) is 2.02. The lowest BCUT2D eigenvalue weighted by Gasteiger charge is -2.07. The lowest BCUT2D eigenvalue weighted by Crippen LogP contribution is -2.21. The van der Waals surface area contributed by atoms with Gasteiger partial charge in [0.05, 0.1) is 6.26 Å². The van der Waals surface area contributed by atoms with E-state index in [0.717, 1.165) is 23.6 Å². The fraction of sp³-hybridized carbons (Fsp3) is 0.444. The third-order valence-corrected chi connectivity index (χ3v) is 3.35. The molecule has 0 aliphatic rings. The number of nitrogens with one attached hydrogen (secondary N) is 1. The second-order valence-electron chi connectivity index (χ2n) is 5.97.